The molecule has 1 atom stereocenters. The lowest BCUT2D eigenvalue weighted by atomic mass is 9.84. The highest BCUT2D eigenvalue weighted by Gasteiger charge is 2.40. The molecule has 27 heavy (non-hydrogen) atoms. The summed E-state index contributed by atoms with van der Waals surface area (Å²) in [5.41, 5.74) is 0.370. The number of carbonyl (C=O) groups is 1. The first-order valence-electron chi connectivity index (χ1n) is 8.70. The molecular weight excluding hydrogens is 388 g/mol. The van der Waals surface area contributed by atoms with E-state index in [2.05, 4.69) is 20.2 Å². The summed E-state index contributed by atoms with van der Waals surface area (Å²) < 4.78 is 34.4. The molecule has 1 aromatic carbocycles. The highest BCUT2D eigenvalue weighted by molar-refractivity contribution is 7.91. The Labute approximate surface area is 162 Å². The number of nitrogens with zero attached hydrogens (tertiary/aromatic N) is 2. The molecule has 2 N–H and O–H groups in total. The summed E-state index contributed by atoms with van der Waals surface area (Å²) in [7, 11) is -3.90. The van der Waals surface area contributed by atoms with E-state index >= 15 is 0 Å². The van der Waals surface area contributed by atoms with Gasteiger partial charge in [0.1, 0.15) is 11.4 Å². The second-order valence-corrected chi connectivity index (χ2v) is 9.33. The van der Waals surface area contributed by atoms with E-state index in [0.29, 0.717) is 12.2 Å². The fraction of sp³-hybridized carbons (Fsp3) is 0.471. The lowest BCUT2D eigenvalue weighted by molar-refractivity contribution is -0.114. The maximum atomic E-state index is 12.8. The van der Waals surface area contributed by atoms with Crippen LogP contribution in [-0.2, 0) is 14.8 Å². The van der Waals surface area contributed by atoms with Gasteiger partial charge < -0.3 is 10.1 Å². The van der Waals surface area contributed by atoms with E-state index in [-0.39, 0.29) is 15.4 Å². The minimum absolute atomic E-state index is 0.145. The van der Waals surface area contributed by atoms with Crippen LogP contribution in [0.5, 0.6) is 5.75 Å². The van der Waals surface area contributed by atoms with Crippen molar-refractivity contribution in [1.82, 2.24) is 14.9 Å². The van der Waals surface area contributed by atoms with E-state index in [9.17, 15) is 13.2 Å². The monoisotopic (exact) mass is 410 g/mol. The van der Waals surface area contributed by atoms with Crippen LogP contribution in [0.1, 0.15) is 51.6 Å². The van der Waals surface area contributed by atoms with Crippen molar-refractivity contribution in [3.8, 4) is 5.75 Å². The van der Waals surface area contributed by atoms with E-state index in [1.165, 1.54) is 6.92 Å². The predicted octanol–water partition coefficient (Wildman–Crippen LogP) is 2.86. The number of rotatable bonds is 6. The zero-order valence-corrected chi connectivity index (χ0v) is 17.0. The second kappa shape index (κ2) is 7.53. The maximum Gasteiger partial charge on any atom is 0.270 e. The number of benzene rings is 1. The number of nitrogens with one attached hydrogen (secondary N) is 2. The Morgan fingerprint density at radius 3 is 2.67 bits per heavy atom. The largest absolute Gasteiger partial charge is 0.487 e. The summed E-state index contributed by atoms with van der Waals surface area (Å²) in [4.78, 5) is 11.1. The third-order valence-electron chi connectivity index (χ3n) is 4.70. The Hall–Kier alpha value is -2.04. The Bertz CT molecular complexity index is 938. The van der Waals surface area contributed by atoms with Crippen LogP contribution in [0.25, 0.3) is 0 Å². The molecule has 146 valence electrons. The number of amides is 1. The van der Waals surface area contributed by atoms with E-state index < -0.39 is 21.7 Å². The number of hydrogen-bond acceptors (Lipinski definition) is 7. The van der Waals surface area contributed by atoms with Crippen LogP contribution in [0.4, 0.5) is 5.13 Å². The van der Waals surface area contributed by atoms with Crippen molar-refractivity contribution in [2.45, 2.75) is 56.0 Å². The Kier molecular flexibility index (Phi) is 5.50. The summed E-state index contributed by atoms with van der Waals surface area (Å²) in [6.07, 6.45) is 2.05. The van der Waals surface area contributed by atoms with Gasteiger partial charge in [0, 0.05) is 18.9 Å². The first-order valence-corrected chi connectivity index (χ1v) is 11.0. The number of anilines is 1. The van der Waals surface area contributed by atoms with Gasteiger partial charge in [0.25, 0.3) is 10.0 Å². The first-order chi connectivity index (χ1) is 12.8. The van der Waals surface area contributed by atoms with Crippen molar-refractivity contribution in [2.75, 3.05) is 5.32 Å². The topological polar surface area (TPSA) is 110 Å². The average Bonchev–Trinajstić information content (AvgIpc) is 3.10. The fourth-order valence-corrected chi connectivity index (χ4v) is 5.34. The molecule has 2 aromatic rings. The van der Waals surface area contributed by atoms with Crippen molar-refractivity contribution in [1.29, 1.82) is 0 Å². The average molecular weight is 411 g/mol. The van der Waals surface area contributed by atoms with E-state index in [0.717, 1.165) is 29.7 Å². The summed E-state index contributed by atoms with van der Waals surface area (Å²) in [6.45, 7) is 5.39. The van der Waals surface area contributed by atoms with Gasteiger partial charge >= 0.3 is 0 Å². The van der Waals surface area contributed by atoms with Crippen molar-refractivity contribution in [3.05, 3.63) is 29.8 Å². The van der Waals surface area contributed by atoms with E-state index in [1.54, 1.807) is 0 Å². The molecule has 0 fully saturated rings. The van der Waals surface area contributed by atoms with Crippen LogP contribution in [0, 0.1) is 0 Å². The van der Waals surface area contributed by atoms with Gasteiger partial charge in [0.15, 0.2) is 0 Å². The van der Waals surface area contributed by atoms with Crippen LogP contribution >= 0.6 is 11.3 Å². The van der Waals surface area contributed by atoms with Gasteiger partial charge in [-0.3, -0.25) is 4.79 Å². The number of hydrogen-bond donors (Lipinski definition) is 2. The zero-order valence-electron chi connectivity index (χ0n) is 15.4. The molecule has 8 nitrogen and oxygen atoms in total. The summed E-state index contributed by atoms with van der Waals surface area (Å²) >= 11 is 0.814. The number of para-hydroxylation sites is 1. The SMILES string of the molecule is CCC1(CC)C[C@H](NS(=O)(=O)c2nnc(NC(C)=O)s2)c2ccccc2O1. The van der Waals surface area contributed by atoms with Crippen LogP contribution in [0.3, 0.4) is 0 Å². The summed E-state index contributed by atoms with van der Waals surface area (Å²) in [5, 5.41) is 10.0. The van der Waals surface area contributed by atoms with E-state index in [1.807, 2.05) is 38.1 Å². The van der Waals surface area contributed by atoms with Gasteiger partial charge in [-0.2, -0.15) is 0 Å². The smallest absolute Gasteiger partial charge is 0.270 e. The number of ether oxygens (including phenoxy) is 1. The molecule has 10 heteroatoms. The molecule has 0 spiro atoms. The maximum absolute atomic E-state index is 12.8. The van der Waals surface area contributed by atoms with Crippen molar-refractivity contribution < 1.29 is 17.9 Å². The molecule has 1 amide bonds. The molecule has 1 aliphatic rings. The minimum Gasteiger partial charge on any atom is -0.487 e. The molecule has 0 saturated carbocycles. The normalized spacial score (nSPS) is 18.4. The van der Waals surface area contributed by atoms with Gasteiger partial charge in [0.2, 0.25) is 15.4 Å². The third-order valence-corrected chi connectivity index (χ3v) is 7.38. The molecule has 2 heterocycles. The van der Waals surface area contributed by atoms with Gasteiger partial charge in [0.05, 0.1) is 6.04 Å². The molecular formula is C17H22N4O4S2. The Morgan fingerprint density at radius 1 is 1.30 bits per heavy atom. The van der Waals surface area contributed by atoms with Crippen LogP contribution in [0.15, 0.2) is 28.6 Å². The summed E-state index contributed by atoms with van der Waals surface area (Å²) in [5.74, 6) is 0.355. The van der Waals surface area contributed by atoms with E-state index in [4.69, 9.17) is 4.74 Å². The highest BCUT2D eigenvalue weighted by Crippen LogP contribution is 2.43. The molecule has 1 aromatic heterocycles. The van der Waals surface area contributed by atoms with Crippen molar-refractivity contribution in [3.63, 3.8) is 0 Å². The highest BCUT2D eigenvalue weighted by atomic mass is 32.2. The molecule has 3 rings (SSSR count). The number of fused-ring (bicyclic) bond motifs is 1. The molecule has 1 aliphatic heterocycles. The van der Waals surface area contributed by atoms with Crippen molar-refractivity contribution in [2.24, 2.45) is 0 Å². The minimum atomic E-state index is -3.90. The van der Waals surface area contributed by atoms with Gasteiger partial charge in [-0.1, -0.05) is 43.4 Å². The lowest BCUT2D eigenvalue weighted by Gasteiger charge is -2.41. The van der Waals surface area contributed by atoms with Crippen LogP contribution in [-0.4, -0.2) is 30.1 Å². The van der Waals surface area contributed by atoms with Crippen LogP contribution in [0.2, 0.25) is 0 Å². The molecule has 0 unspecified atom stereocenters. The first kappa shape index (κ1) is 19.7. The molecule has 0 bridgehead atoms. The van der Waals surface area contributed by atoms with Gasteiger partial charge in [-0.25, -0.2) is 13.1 Å². The zero-order chi connectivity index (χ0) is 19.7. The quantitative estimate of drug-likeness (QED) is 0.709. The second-order valence-electron chi connectivity index (χ2n) is 6.46. The predicted molar refractivity (Wildman–Crippen MR) is 102 cm³/mol. The summed E-state index contributed by atoms with van der Waals surface area (Å²) in [6, 6.07) is 7.01. The van der Waals surface area contributed by atoms with Crippen molar-refractivity contribution >= 4 is 32.4 Å². The van der Waals surface area contributed by atoms with Gasteiger partial charge in [-0.05, 0) is 18.9 Å². The molecule has 0 aliphatic carbocycles. The van der Waals surface area contributed by atoms with Gasteiger partial charge in [-0.15, -0.1) is 10.2 Å². The molecule has 0 radical (unpaired) electrons. The molecule has 0 saturated heterocycles. The van der Waals surface area contributed by atoms with Crippen LogP contribution < -0.4 is 14.8 Å². The number of aromatic nitrogens is 2. The Morgan fingerprint density at radius 2 is 2.00 bits per heavy atom. The third kappa shape index (κ3) is 4.12. The fourth-order valence-electron chi connectivity index (χ4n) is 3.16. The Balaban J connectivity index is 1.91. The standard InChI is InChI=1S/C17H22N4O4S2/c1-4-17(5-2)10-13(12-8-6-7-9-14(12)25-17)21-27(23,24)16-20-19-15(26-16)18-11(3)22/h6-9,13,21H,4-5,10H2,1-3H3,(H,18,19,22)/t13-/m0/s1. The number of carbonyl (C=O) groups excluding carboxylic acids is 1. The number of sulfonamides is 1. The lowest BCUT2D eigenvalue weighted by Crippen LogP contribution is -2.44.